The number of ether oxygens (including phenoxy) is 1. The Hall–Kier alpha value is -1.06. The van der Waals surface area contributed by atoms with E-state index in [4.69, 9.17) is 4.74 Å². The Bertz CT molecular complexity index is 388. The van der Waals surface area contributed by atoms with Crippen molar-refractivity contribution in [1.29, 1.82) is 0 Å². The second-order valence-electron chi connectivity index (χ2n) is 6.06. The van der Waals surface area contributed by atoms with Crippen molar-refractivity contribution in [3.05, 3.63) is 29.8 Å². The van der Waals surface area contributed by atoms with Crippen LogP contribution in [0, 0.1) is 5.92 Å². The second-order valence-corrected chi connectivity index (χ2v) is 6.06. The van der Waals surface area contributed by atoms with Gasteiger partial charge in [0.2, 0.25) is 0 Å². The molecule has 3 heteroatoms. The molecule has 1 heterocycles. The number of methoxy groups -OCH3 is 1. The van der Waals surface area contributed by atoms with Crippen LogP contribution in [0.4, 0.5) is 0 Å². The Labute approximate surface area is 123 Å². The molecule has 0 bridgehead atoms. The number of hydrogen-bond donors (Lipinski definition) is 1. The van der Waals surface area contributed by atoms with Crippen LogP contribution in [0.15, 0.2) is 24.3 Å². The van der Waals surface area contributed by atoms with Gasteiger partial charge in [0.05, 0.1) is 7.11 Å². The van der Waals surface area contributed by atoms with Gasteiger partial charge in [0.25, 0.3) is 0 Å². The highest BCUT2D eigenvalue weighted by atomic mass is 16.5. The van der Waals surface area contributed by atoms with Crippen LogP contribution in [-0.2, 0) is 6.42 Å². The lowest BCUT2D eigenvalue weighted by Gasteiger charge is -2.26. The van der Waals surface area contributed by atoms with Crippen molar-refractivity contribution in [1.82, 2.24) is 10.2 Å². The SMILES string of the molecule is COc1ccc(CCN2CCCNC(C(C)C)C2)cc1. The van der Waals surface area contributed by atoms with Crippen LogP contribution >= 0.6 is 0 Å². The summed E-state index contributed by atoms with van der Waals surface area (Å²) >= 11 is 0. The van der Waals surface area contributed by atoms with Gasteiger partial charge in [-0.05, 0) is 49.5 Å². The van der Waals surface area contributed by atoms with E-state index in [2.05, 4.69) is 48.3 Å². The summed E-state index contributed by atoms with van der Waals surface area (Å²) in [6.45, 7) is 9.31. The van der Waals surface area contributed by atoms with Crippen LogP contribution in [-0.4, -0.2) is 44.2 Å². The summed E-state index contributed by atoms with van der Waals surface area (Å²) in [6.07, 6.45) is 2.38. The molecule has 2 rings (SSSR count). The van der Waals surface area contributed by atoms with Crippen molar-refractivity contribution in [3.63, 3.8) is 0 Å². The predicted octanol–water partition coefficient (Wildman–Crippen LogP) is 2.56. The van der Waals surface area contributed by atoms with Crippen LogP contribution in [0.1, 0.15) is 25.8 Å². The van der Waals surface area contributed by atoms with E-state index in [-0.39, 0.29) is 0 Å². The van der Waals surface area contributed by atoms with Crippen LogP contribution in [0.25, 0.3) is 0 Å². The normalized spacial score (nSPS) is 20.9. The highest BCUT2D eigenvalue weighted by molar-refractivity contribution is 5.27. The molecule has 20 heavy (non-hydrogen) atoms. The highest BCUT2D eigenvalue weighted by Gasteiger charge is 2.19. The first-order valence-corrected chi connectivity index (χ1v) is 7.77. The van der Waals surface area contributed by atoms with Gasteiger partial charge in [-0.2, -0.15) is 0 Å². The van der Waals surface area contributed by atoms with Gasteiger partial charge in [-0.1, -0.05) is 26.0 Å². The summed E-state index contributed by atoms with van der Waals surface area (Å²) in [4.78, 5) is 2.61. The molecule has 1 aromatic carbocycles. The van der Waals surface area contributed by atoms with Gasteiger partial charge in [-0.15, -0.1) is 0 Å². The molecular formula is C17H28N2O. The molecule has 1 aliphatic heterocycles. The summed E-state index contributed by atoms with van der Waals surface area (Å²) in [6, 6.07) is 9.09. The number of nitrogens with one attached hydrogen (secondary N) is 1. The molecule has 112 valence electrons. The van der Waals surface area contributed by atoms with Gasteiger partial charge < -0.3 is 15.0 Å². The van der Waals surface area contributed by atoms with Crippen molar-refractivity contribution >= 4 is 0 Å². The Morgan fingerprint density at radius 2 is 2.05 bits per heavy atom. The van der Waals surface area contributed by atoms with Crippen molar-refractivity contribution in [2.75, 3.05) is 33.3 Å². The molecule has 0 aromatic heterocycles. The fraction of sp³-hybridized carbons (Fsp3) is 0.647. The zero-order valence-electron chi connectivity index (χ0n) is 13.1. The van der Waals surface area contributed by atoms with Gasteiger partial charge >= 0.3 is 0 Å². The second kappa shape index (κ2) is 7.65. The number of rotatable bonds is 5. The molecule has 0 amide bonds. The summed E-state index contributed by atoms with van der Waals surface area (Å²) in [5.41, 5.74) is 1.39. The molecule has 0 aliphatic carbocycles. The zero-order valence-corrected chi connectivity index (χ0v) is 13.1. The first kappa shape index (κ1) is 15.3. The average molecular weight is 276 g/mol. The Balaban J connectivity index is 1.85. The van der Waals surface area contributed by atoms with E-state index in [0.29, 0.717) is 12.0 Å². The summed E-state index contributed by atoms with van der Waals surface area (Å²) in [7, 11) is 1.71. The Morgan fingerprint density at radius 1 is 1.30 bits per heavy atom. The molecule has 1 saturated heterocycles. The largest absolute Gasteiger partial charge is 0.497 e. The third kappa shape index (κ3) is 4.50. The van der Waals surface area contributed by atoms with Gasteiger partial charge in [0, 0.05) is 19.1 Å². The van der Waals surface area contributed by atoms with Crippen molar-refractivity contribution < 1.29 is 4.74 Å². The number of nitrogens with zero attached hydrogens (tertiary/aromatic N) is 1. The molecule has 0 saturated carbocycles. The lowest BCUT2D eigenvalue weighted by molar-refractivity contribution is 0.248. The summed E-state index contributed by atoms with van der Waals surface area (Å²) < 4.78 is 5.20. The molecule has 0 spiro atoms. The summed E-state index contributed by atoms with van der Waals surface area (Å²) in [5, 5.41) is 3.67. The maximum Gasteiger partial charge on any atom is 0.118 e. The van der Waals surface area contributed by atoms with Gasteiger partial charge in [0.15, 0.2) is 0 Å². The number of benzene rings is 1. The zero-order chi connectivity index (χ0) is 14.4. The Morgan fingerprint density at radius 3 is 2.70 bits per heavy atom. The predicted molar refractivity (Wildman–Crippen MR) is 84.4 cm³/mol. The molecule has 1 fully saturated rings. The average Bonchev–Trinajstić information content (AvgIpc) is 2.71. The van der Waals surface area contributed by atoms with Crippen LogP contribution in [0.5, 0.6) is 5.75 Å². The van der Waals surface area contributed by atoms with E-state index in [1.54, 1.807) is 7.11 Å². The fourth-order valence-corrected chi connectivity index (χ4v) is 2.75. The maximum atomic E-state index is 5.20. The lowest BCUT2D eigenvalue weighted by Crippen LogP contribution is -2.41. The topological polar surface area (TPSA) is 24.5 Å². The minimum atomic E-state index is 0.633. The fourth-order valence-electron chi connectivity index (χ4n) is 2.75. The van der Waals surface area contributed by atoms with Crippen LogP contribution in [0.2, 0.25) is 0 Å². The molecule has 1 aliphatic rings. The highest BCUT2D eigenvalue weighted by Crippen LogP contribution is 2.13. The van der Waals surface area contributed by atoms with E-state index < -0.39 is 0 Å². The first-order valence-electron chi connectivity index (χ1n) is 7.77. The third-order valence-electron chi connectivity index (χ3n) is 4.19. The molecule has 1 N–H and O–H groups in total. The molecular weight excluding hydrogens is 248 g/mol. The standard InChI is InChI=1S/C17H28N2O/c1-14(2)17-13-19(11-4-10-18-17)12-9-15-5-7-16(20-3)8-6-15/h5-8,14,17-18H,4,9-13H2,1-3H3. The van der Waals surface area contributed by atoms with Crippen LogP contribution in [0.3, 0.4) is 0 Å². The molecule has 3 nitrogen and oxygen atoms in total. The van der Waals surface area contributed by atoms with E-state index in [1.165, 1.54) is 25.1 Å². The van der Waals surface area contributed by atoms with Crippen LogP contribution < -0.4 is 10.1 Å². The van der Waals surface area contributed by atoms with E-state index in [0.717, 1.165) is 25.3 Å². The minimum absolute atomic E-state index is 0.633. The van der Waals surface area contributed by atoms with Gasteiger partial charge in [-0.3, -0.25) is 0 Å². The molecule has 1 aromatic rings. The quantitative estimate of drug-likeness (QED) is 0.894. The summed E-state index contributed by atoms with van der Waals surface area (Å²) in [5.74, 6) is 1.64. The third-order valence-corrected chi connectivity index (χ3v) is 4.19. The van der Waals surface area contributed by atoms with Crippen molar-refractivity contribution in [2.45, 2.75) is 32.7 Å². The first-order chi connectivity index (χ1) is 9.69. The monoisotopic (exact) mass is 276 g/mol. The molecule has 1 unspecified atom stereocenters. The lowest BCUT2D eigenvalue weighted by atomic mass is 10.0. The molecule has 1 atom stereocenters. The smallest absolute Gasteiger partial charge is 0.118 e. The molecule has 0 radical (unpaired) electrons. The number of hydrogen-bond acceptors (Lipinski definition) is 3. The van der Waals surface area contributed by atoms with E-state index in [1.807, 2.05) is 0 Å². The van der Waals surface area contributed by atoms with E-state index in [9.17, 15) is 0 Å². The van der Waals surface area contributed by atoms with E-state index >= 15 is 0 Å². The van der Waals surface area contributed by atoms with Gasteiger partial charge in [0.1, 0.15) is 5.75 Å². The van der Waals surface area contributed by atoms with Gasteiger partial charge in [-0.25, -0.2) is 0 Å². The Kier molecular flexibility index (Phi) is 5.86. The van der Waals surface area contributed by atoms with Crippen molar-refractivity contribution in [2.24, 2.45) is 5.92 Å². The minimum Gasteiger partial charge on any atom is -0.497 e. The maximum absolute atomic E-state index is 5.20. The van der Waals surface area contributed by atoms with Crippen molar-refractivity contribution in [3.8, 4) is 5.75 Å².